The highest BCUT2D eigenvalue weighted by Gasteiger charge is 2.19. The highest BCUT2D eigenvalue weighted by molar-refractivity contribution is 5.71. The first-order valence-electron chi connectivity index (χ1n) is 34.5. The molecule has 0 saturated carbocycles. The van der Waals surface area contributed by atoms with Crippen LogP contribution in [-0.2, 0) is 28.6 Å². The Bertz CT molecular complexity index is 1290. The van der Waals surface area contributed by atoms with Crippen LogP contribution in [0.5, 0.6) is 0 Å². The quantitative estimate of drug-likeness (QED) is 0.0261. The lowest BCUT2D eigenvalue weighted by Crippen LogP contribution is -2.30. The smallest absolute Gasteiger partial charge is 0.306 e. The molecule has 77 heavy (non-hydrogen) atoms. The summed E-state index contributed by atoms with van der Waals surface area (Å²) < 4.78 is 16.9. The lowest BCUT2D eigenvalue weighted by Gasteiger charge is -2.18. The van der Waals surface area contributed by atoms with E-state index in [9.17, 15) is 14.4 Å². The van der Waals surface area contributed by atoms with Crippen molar-refractivity contribution >= 4 is 17.9 Å². The number of carbonyl (C=O) groups is 3. The average molecular weight is 1080 g/mol. The number of unbranched alkanes of at least 4 members (excludes halogenated alkanes) is 47. The molecule has 0 spiro atoms. The van der Waals surface area contributed by atoms with Crippen LogP contribution in [0.2, 0.25) is 0 Å². The van der Waals surface area contributed by atoms with Crippen LogP contribution in [0.15, 0.2) is 36.5 Å². The molecule has 0 aliphatic carbocycles. The van der Waals surface area contributed by atoms with Gasteiger partial charge >= 0.3 is 17.9 Å². The van der Waals surface area contributed by atoms with Crippen molar-refractivity contribution in [2.75, 3.05) is 13.2 Å². The van der Waals surface area contributed by atoms with Crippen LogP contribution in [0, 0.1) is 0 Å². The van der Waals surface area contributed by atoms with Crippen molar-refractivity contribution in [2.45, 2.75) is 386 Å². The molecule has 0 heterocycles. The largest absolute Gasteiger partial charge is 0.462 e. The minimum Gasteiger partial charge on any atom is -0.462 e. The number of esters is 3. The summed E-state index contributed by atoms with van der Waals surface area (Å²) in [6.45, 7) is 6.58. The number of rotatable bonds is 64. The zero-order valence-corrected chi connectivity index (χ0v) is 52.0. The molecule has 1 atom stereocenters. The highest BCUT2D eigenvalue weighted by atomic mass is 16.6. The lowest BCUT2D eigenvalue weighted by molar-refractivity contribution is -0.167. The van der Waals surface area contributed by atoms with Crippen LogP contribution < -0.4 is 0 Å². The maximum Gasteiger partial charge on any atom is 0.306 e. The first kappa shape index (κ1) is 74.6. The molecule has 0 N–H and O–H groups in total. The lowest BCUT2D eigenvalue weighted by atomic mass is 10.0. The van der Waals surface area contributed by atoms with Gasteiger partial charge in [0.25, 0.3) is 0 Å². The second-order valence-corrected chi connectivity index (χ2v) is 23.4. The van der Waals surface area contributed by atoms with Gasteiger partial charge in [0.2, 0.25) is 0 Å². The van der Waals surface area contributed by atoms with Crippen LogP contribution in [0.3, 0.4) is 0 Å². The minimum absolute atomic E-state index is 0.0739. The van der Waals surface area contributed by atoms with Crippen LogP contribution in [0.1, 0.15) is 380 Å². The predicted octanol–water partition coefficient (Wildman–Crippen LogP) is 23.6. The molecule has 6 heteroatoms. The number of allylic oxidation sites excluding steroid dienone is 6. The van der Waals surface area contributed by atoms with E-state index in [4.69, 9.17) is 14.2 Å². The van der Waals surface area contributed by atoms with Crippen molar-refractivity contribution in [2.24, 2.45) is 0 Å². The van der Waals surface area contributed by atoms with E-state index in [-0.39, 0.29) is 31.1 Å². The standard InChI is InChI=1S/C71H132O6/c1-4-7-10-13-16-19-22-25-28-29-30-31-32-33-34-35-36-37-38-39-40-41-42-44-46-49-52-55-58-61-64-70(73)76-67-68(66-75-69(72)63-60-57-54-51-48-45-27-24-21-18-15-12-9-6-3)77-71(74)65-62-59-56-53-50-47-43-26-23-20-17-14-11-8-5-2/h8,11,17,20,26,43,68H,4-7,9-10,12-16,18-19,21-25,27-42,44-67H2,1-3H3/b11-8-,20-17-,43-26-. The van der Waals surface area contributed by atoms with Crippen molar-refractivity contribution in [3.63, 3.8) is 0 Å². The number of carbonyl (C=O) groups excluding carboxylic acids is 3. The summed E-state index contributed by atoms with van der Waals surface area (Å²) in [6, 6.07) is 0. The van der Waals surface area contributed by atoms with E-state index in [1.165, 1.54) is 244 Å². The van der Waals surface area contributed by atoms with E-state index >= 15 is 0 Å². The summed E-state index contributed by atoms with van der Waals surface area (Å²) in [5.74, 6) is -0.865. The van der Waals surface area contributed by atoms with Gasteiger partial charge in [0.1, 0.15) is 13.2 Å². The summed E-state index contributed by atoms with van der Waals surface area (Å²) in [6.07, 6.45) is 81.9. The Morgan fingerprint density at radius 2 is 0.506 bits per heavy atom. The van der Waals surface area contributed by atoms with Crippen LogP contribution in [0.25, 0.3) is 0 Å². The Labute approximate surface area is 480 Å². The number of hydrogen-bond acceptors (Lipinski definition) is 6. The van der Waals surface area contributed by atoms with Crippen molar-refractivity contribution in [3.05, 3.63) is 36.5 Å². The third-order valence-electron chi connectivity index (χ3n) is 15.7. The maximum absolute atomic E-state index is 12.9. The molecule has 0 aromatic carbocycles. The second-order valence-electron chi connectivity index (χ2n) is 23.4. The summed E-state index contributed by atoms with van der Waals surface area (Å²) in [5.41, 5.74) is 0. The minimum atomic E-state index is -0.778. The fourth-order valence-electron chi connectivity index (χ4n) is 10.5. The third kappa shape index (κ3) is 64.3. The molecule has 0 aliphatic rings. The van der Waals surface area contributed by atoms with Gasteiger partial charge in [0, 0.05) is 19.3 Å². The van der Waals surface area contributed by atoms with Gasteiger partial charge in [-0.3, -0.25) is 14.4 Å². The van der Waals surface area contributed by atoms with Crippen molar-refractivity contribution < 1.29 is 28.6 Å². The third-order valence-corrected chi connectivity index (χ3v) is 15.7. The molecule has 0 aromatic rings. The Hall–Kier alpha value is -2.37. The van der Waals surface area contributed by atoms with Gasteiger partial charge in [-0.25, -0.2) is 0 Å². The van der Waals surface area contributed by atoms with Gasteiger partial charge < -0.3 is 14.2 Å². The molecule has 1 unspecified atom stereocenters. The molecule has 0 rings (SSSR count). The molecule has 0 radical (unpaired) electrons. The predicted molar refractivity (Wildman–Crippen MR) is 335 cm³/mol. The van der Waals surface area contributed by atoms with E-state index in [0.29, 0.717) is 19.3 Å². The first-order chi connectivity index (χ1) is 38.0. The van der Waals surface area contributed by atoms with Gasteiger partial charge in [-0.05, 0) is 51.4 Å². The topological polar surface area (TPSA) is 78.9 Å². The van der Waals surface area contributed by atoms with Crippen LogP contribution in [-0.4, -0.2) is 37.2 Å². The highest BCUT2D eigenvalue weighted by Crippen LogP contribution is 2.19. The van der Waals surface area contributed by atoms with E-state index in [1.807, 2.05) is 0 Å². The Balaban J connectivity index is 4.14. The summed E-state index contributed by atoms with van der Waals surface area (Å²) in [7, 11) is 0. The molecule has 0 fully saturated rings. The Morgan fingerprint density at radius 1 is 0.273 bits per heavy atom. The Morgan fingerprint density at radius 3 is 0.792 bits per heavy atom. The van der Waals surface area contributed by atoms with E-state index in [0.717, 1.165) is 96.3 Å². The molecule has 0 amide bonds. The van der Waals surface area contributed by atoms with E-state index in [1.54, 1.807) is 0 Å². The first-order valence-corrected chi connectivity index (χ1v) is 34.5. The summed E-state index contributed by atoms with van der Waals surface area (Å²) in [5, 5.41) is 0. The fraction of sp³-hybridized carbons (Fsp3) is 0.873. The van der Waals surface area contributed by atoms with Gasteiger partial charge in [0.15, 0.2) is 6.10 Å². The molecule has 0 bridgehead atoms. The van der Waals surface area contributed by atoms with Gasteiger partial charge in [-0.1, -0.05) is 346 Å². The molecule has 6 nitrogen and oxygen atoms in total. The number of hydrogen-bond donors (Lipinski definition) is 0. The van der Waals surface area contributed by atoms with Crippen LogP contribution in [0.4, 0.5) is 0 Å². The normalized spacial score (nSPS) is 12.2. The average Bonchev–Trinajstić information content (AvgIpc) is 3.43. The van der Waals surface area contributed by atoms with Crippen molar-refractivity contribution in [1.29, 1.82) is 0 Å². The second kappa shape index (κ2) is 66.1. The molecule has 0 aliphatic heterocycles. The van der Waals surface area contributed by atoms with E-state index in [2.05, 4.69) is 57.2 Å². The maximum atomic E-state index is 12.9. The van der Waals surface area contributed by atoms with Crippen LogP contribution >= 0.6 is 0 Å². The van der Waals surface area contributed by atoms with E-state index < -0.39 is 6.10 Å². The molecular weight excluding hydrogens is 949 g/mol. The zero-order valence-electron chi connectivity index (χ0n) is 52.0. The SMILES string of the molecule is CC/C=C\C/C=C\C/C=C\CCCCCCCC(=O)OC(COC(=O)CCCCCCCCCCCCCCCC)COC(=O)CCCCCCCCCCCCCCCCCCCCCCCCCCCCCCCC. The molecule has 0 aromatic heterocycles. The molecular formula is C71H132O6. The summed E-state index contributed by atoms with van der Waals surface area (Å²) in [4.78, 5) is 38.3. The monoisotopic (exact) mass is 1080 g/mol. The zero-order chi connectivity index (χ0) is 55.7. The summed E-state index contributed by atoms with van der Waals surface area (Å²) >= 11 is 0. The number of ether oxygens (including phenoxy) is 3. The van der Waals surface area contributed by atoms with Gasteiger partial charge in [-0.2, -0.15) is 0 Å². The molecule has 0 saturated heterocycles. The van der Waals surface area contributed by atoms with Crippen molar-refractivity contribution in [3.8, 4) is 0 Å². The molecule has 452 valence electrons. The van der Waals surface area contributed by atoms with Gasteiger partial charge in [0.05, 0.1) is 0 Å². The van der Waals surface area contributed by atoms with Crippen molar-refractivity contribution in [1.82, 2.24) is 0 Å². The van der Waals surface area contributed by atoms with Gasteiger partial charge in [-0.15, -0.1) is 0 Å². The fourth-order valence-corrected chi connectivity index (χ4v) is 10.5. The Kier molecular flexibility index (Phi) is 64.1.